The van der Waals surface area contributed by atoms with Crippen molar-refractivity contribution in [2.45, 2.75) is 33.4 Å². The lowest BCUT2D eigenvalue weighted by Crippen LogP contribution is -2.19. The van der Waals surface area contributed by atoms with E-state index in [9.17, 15) is 4.39 Å². The van der Waals surface area contributed by atoms with Gasteiger partial charge in [-0.15, -0.1) is 0 Å². The van der Waals surface area contributed by atoms with Gasteiger partial charge in [-0.05, 0) is 38.5 Å². The van der Waals surface area contributed by atoms with Gasteiger partial charge in [0.1, 0.15) is 11.6 Å². The number of halogens is 3. The van der Waals surface area contributed by atoms with Crippen LogP contribution in [-0.4, -0.2) is 5.16 Å². The Bertz CT molecular complexity index is 608. The fourth-order valence-electron chi connectivity index (χ4n) is 1.99. The maximum absolute atomic E-state index is 13.5. The van der Waals surface area contributed by atoms with Crippen molar-refractivity contribution < 1.29 is 8.91 Å². The molecule has 0 amide bonds. The Balaban J connectivity index is 2.13. The third kappa shape index (κ3) is 3.14. The molecule has 0 aliphatic heterocycles. The average molecular weight is 317 g/mol. The Morgan fingerprint density at radius 2 is 2.00 bits per heavy atom. The quantitative estimate of drug-likeness (QED) is 0.838. The first-order chi connectivity index (χ1) is 9.40. The number of rotatable bonds is 4. The molecule has 0 saturated carbocycles. The Morgan fingerprint density at radius 1 is 1.30 bits per heavy atom. The zero-order chi connectivity index (χ0) is 14.9. The molecule has 0 bridgehead atoms. The summed E-state index contributed by atoms with van der Waals surface area (Å²) in [5.41, 5.74) is 2.51. The fraction of sp³-hybridized carbons (Fsp3) is 0.357. The Hall–Kier alpha value is -1.10. The van der Waals surface area contributed by atoms with E-state index in [1.54, 1.807) is 0 Å². The topological polar surface area (TPSA) is 38.1 Å². The molecule has 1 aromatic heterocycles. The van der Waals surface area contributed by atoms with Gasteiger partial charge in [0.15, 0.2) is 0 Å². The molecule has 108 valence electrons. The molecule has 1 unspecified atom stereocenters. The van der Waals surface area contributed by atoms with Crippen LogP contribution in [0.2, 0.25) is 10.0 Å². The van der Waals surface area contributed by atoms with Crippen LogP contribution >= 0.6 is 23.2 Å². The van der Waals surface area contributed by atoms with E-state index in [4.69, 9.17) is 27.7 Å². The molecule has 1 aromatic carbocycles. The van der Waals surface area contributed by atoms with Crippen molar-refractivity contribution in [2.24, 2.45) is 0 Å². The van der Waals surface area contributed by atoms with E-state index < -0.39 is 5.82 Å². The molecular weight excluding hydrogens is 302 g/mol. The van der Waals surface area contributed by atoms with Crippen LogP contribution in [0.15, 0.2) is 16.7 Å². The summed E-state index contributed by atoms with van der Waals surface area (Å²) in [4.78, 5) is 0. The van der Waals surface area contributed by atoms with E-state index in [1.165, 1.54) is 12.1 Å². The smallest absolute Gasteiger partial charge is 0.142 e. The molecule has 3 nitrogen and oxygen atoms in total. The van der Waals surface area contributed by atoms with Gasteiger partial charge in [0, 0.05) is 23.2 Å². The molecule has 2 rings (SSSR count). The molecule has 0 aliphatic carbocycles. The second-order valence-electron chi connectivity index (χ2n) is 4.69. The number of nitrogens with one attached hydrogen (secondary N) is 1. The maximum Gasteiger partial charge on any atom is 0.142 e. The van der Waals surface area contributed by atoms with E-state index in [-0.39, 0.29) is 11.1 Å². The highest BCUT2D eigenvalue weighted by Gasteiger charge is 2.15. The van der Waals surface area contributed by atoms with Gasteiger partial charge in [-0.2, -0.15) is 0 Å². The molecule has 0 aliphatic rings. The first-order valence-electron chi connectivity index (χ1n) is 6.19. The summed E-state index contributed by atoms with van der Waals surface area (Å²) in [6.45, 7) is 6.22. The molecule has 2 aromatic rings. The Kier molecular flexibility index (Phi) is 4.68. The van der Waals surface area contributed by atoms with Crippen LogP contribution in [0.5, 0.6) is 0 Å². The standard InChI is InChI=1S/C14H15Cl2FN2O/c1-7(10-4-14(17)13(16)5-12(10)15)18-6-11-8(2)19-20-9(11)3/h4-5,7,18H,6H2,1-3H3. The maximum atomic E-state index is 13.5. The minimum absolute atomic E-state index is 0.0247. The lowest BCUT2D eigenvalue weighted by atomic mass is 10.1. The number of nitrogens with zero attached hydrogens (tertiary/aromatic N) is 1. The fourth-order valence-corrected chi connectivity index (χ4v) is 2.54. The summed E-state index contributed by atoms with van der Waals surface area (Å²) in [5.74, 6) is 0.299. The minimum Gasteiger partial charge on any atom is -0.361 e. The van der Waals surface area contributed by atoms with Crippen LogP contribution < -0.4 is 5.32 Å². The van der Waals surface area contributed by atoms with Gasteiger partial charge in [-0.1, -0.05) is 28.4 Å². The molecular formula is C14H15Cl2FN2O. The SMILES string of the molecule is Cc1noc(C)c1CNC(C)c1cc(F)c(Cl)cc1Cl. The van der Waals surface area contributed by atoms with Crippen LogP contribution in [-0.2, 0) is 6.54 Å². The summed E-state index contributed by atoms with van der Waals surface area (Å²) in [6, 6.07) is 2.65. The third-order valence-corrected chi connectivity index (χ3v) is 3.89. The number of hydrogen-bond donors (Lipinski definition) is 1. The van der Waals surface area contributed by atoms with Crippen LogP contribution in [0.4, 0.5) is 4.39 Å². The first kappa shape index (κ1) is 15.3. The summed E-state index contributed by atoms with van der Waals surface area (Å²) >= 11 is 11.8. The molecule has 0 fully saturated rings. The Morgan fingerprint density at radius 3 is 2.60 bits per heavy atom. The first-order valence-corrected chi connectivity index (χ1v) is 6.95. The van der Waals surface area contributed by atoms with Gasteiger partial charge in [0.2, 0.25) is 0 Å². The molecule has 1 atom stereocenters. The van der Waals surface area contributed by atoms with Crippen LogP contribution in [0.3, 0.4) is 0 Å². The van der Waals surface area contributed by atoms with Crippen LogP contribution in [0.25, 0.3) is 0 Å². The van der Waals surface area contributed by atoms with E-state index in [0.29, 0.717) is 17.1 Å². The molecule has 6 heteroatoms. The van der Waals surface area contributed by atoms with Crippen molar-refractivity contribution in [2.75, 3.05) is 0 Å². The number of aryl methyl sites for hydroxylation is 2. The predicted molar refractivity (Wildman–Crippen MR) is 77.7 cm³/mol. The second-order valence-corrected chi connectivity index (χ2v) is 5.51. The van der Waals surface area contributed by atoms with Gasteiger partial charge in [0.25, 0.3) is 0 Å². The number of hydrogen-bond acceptors (Lipinski definition) is 3. The highest BCUT2D eigenvalue weighted by molar-refractivity contribution is 6.35. The lowest BCUT2D eigenvalue weighted by molar-refractivity contribution is 0.391. The summed E-state index contributed by atoms with van der Waals surface area (Å²) in [5, 5.41) is 7.63. The molecule has 1 heterocycles. The number of benzene rings is 1. The van der Waals surface area contributed by atoms with Crippen molar-refractivity contribution in [3.05, 3.63) is 50.6 Å². The van der Waals surface area contributed by atoms with Gasteiger partial charge in [-0.3, -0.25) is 0 Å². The normalized spacial score (nSPS) is 12.7. The highest BCUT2D eigenvalue weighted by atomic mass is 35.5. The zero-order valence-corrected chi connectivity index (χ0v) is 12.9. The molecule has 1 N–H and O–H groups in total. The predicted octanol–water partition coefficient (Wildman–Crippen LogP) is 4.59. The molecule has 0 spiro atoms. The summed E-state index contributed by atoms with van der Waals surface area (Å²) < 4.78 is 18.6. The van der Waals surface area contributed by atoms with Crippen LogP contribution in [0.1, 0.15) is 35.5 Å². The second kappa shape index (κ2) is 6.12. The van der Waals surface area contributed by atoms with E-state index >= 15 is 0 Å². The van der Waals surface area contributed by atoms with E-state index in [0.717, 1.165) is 17.0 Å². The van der Waals surface area contributed by atoms with Crippen molar-refractivity contribution in [3.8, 4) is 0 Å². The van der Waals surface area contributed by atoms with Crippen molar-refractivity contribution in [1.29, 1.82) is 0 Å². The van der Waals surface area contributed by atoms with Gasteiger partial charge in [-0.25, -0.2) is 4.39 Å². The Labute approximate surface area is 127 Å². The van der Waals surface area contributed by atoms with Crippen molar-refractivity contribution in [3.63, 3.8) is 0 Å². The minimum atomic E-state index is -0.475. The van der Waals surface area contributed by atoms with Crippen molar-refractivity contribution in [1.82, 2.24) is 10.5 Å². The van der Waals surface area contributed by atoms with Crippen molar-refractivity contribution >= 4 is 23.2 Å². The van der Waals surface area contributed by atoms with Gasteiger partial charge >= 0.3 is 0 Å². The van der Waals surface area contributed by atoms with Crippen LogP contribution in [0, 0.1) is 19.7 Å². The van der Waals surface area contributed by atoms with Gasteiger partial charge in [0.05, 0.1) is 10.7 Å². The summed E-state index contributed by atoms with van der Waals surface area (Å²) in [6.07, 6.45) is 0. The number of aromatic nitrogens is 1. The summed E-state index contributed by atoms with van der Waals surface area (Å²) in [7, 11) is 0. The average Bonchev–Trinajstić information content (AvgIpc) is 2.71. The van der Waals surface area contributed by atoms with E-state index in [1.807, 2.05) is 20.8 Å². The molecule has 20 heavy (non-hydrogen) atoms. The monoisotopic (exact) mass is 316 g/mol. The van der Waals surface area contributed by atoms with E-state index in [2.05, 4.69) is 10.5 Å². The largest absolute Gasteiger partial charge is 0.361 e. The molecule has 0 radical (unpaired) electrons. The highest BCUT2D eigenvalue weighted by Crippen LogP contribution is 2.29. The third-order valence-electron chi connectivity index (χ3n) is 3.27. The van der Waals surface area contributed by atoms with Gasteiger partial charge < -0.3 is 9.84 Å². The molecule has 0 saturated heterocycles. The lowest BCUT2D eigenvalue weighted by Gasteiger charge is -2.16. The zero-order valence-electron chi connectivity index (χ0n) is 11.4.